The van der Waals surface area contributed by atoms with Crippen LogP contribution >= 0.6 is 22.9 Å². The van der Waals surface area contributed by atoms with Crippen LogP contribution in [0.4, 0.5) is 0 Å². The number of hydrogen-bond donors (Lipinski definition) is 0. The zero-order valence-corrected chi connectivity index (χ0v) is 18.0. The highest BCUT2D eigenvalue weighted by Gasteiger charge is 2.15. The first-order valence-corrected chi connectivity index (χ1v) is 10.5. The van der Waals surface area contributed by atoms with E-state index in [0.717, 1.165) is 10.8 Å². The van der Waals surface area contributed by atoms with E-state index in [0.29, 0.717) is 39.5 Å². The maximum atomic E-state index is 12.9. The zero-order valence-electron chi connectivity index (χ0n) is 16.4. The van der Waals surface area contributed by atoms with Crippen molar-refractivity contribution in [1.29, 1.82) is 0 Å². The van der Waals surface area contributed by atoms with Gasteiger partial charge in [0.15, 0.2) is 11.7 Å². The number of carbonyl (C=O) groups is 1. The Kier molecular flexibility index (Phi) is 7.81. The first-order chi connectivity index (χ1) is 14.5. The minimum Gasteiger partial charge on any atom is -0.464 e. The number of halogens is 1. The second-order valence-electron chi connectivity index (χ2n) is 6.22. The Balaban J connectivity index is 1.62. The summed E-state index contributed by atoms with van der Waals surface area (Å²) in [5.41, 5.74) is -0.117. The highest BCUT2D eigenvalue weighted by molar-refractivity contribution is 7.25. The van der Waals surface area contributed by atoms with Gasteiger partial charge in [0.25, 0.3) is 0 Å². The molecule has 0 amide bonds. The first kappa shape index (κ1) is 22.2. The predicted molar refractivity (Wildman–Crippen MR) is 119 cm³/mol. The molecule has 3 aromatic rings. The third-order valence-electron chi connectivity index (χ3n) is 4.15. The molecule has 1 unspecified atom stereocenters. The van der Waals surface area contributed by atoms with Crippen LogP contribution in [0.15, 0.2) is 53.8 Å². The molecule has 0 fully saturated rings. The van der Waals surface area contributed by atoms with Crippen LogP contribution in [-0.2, 0) is 19.0 Å². The summed E-state index contributed by atoms with van der Waals surface area (Å²) < 4.78 is 23.2. The second kappa shape index (κ2) is 10.5. The minimum atomic E-state index is -0.564. The number of hydrogen-bond acceptors (Lipinski definition) is 7. The average molecular weight is 449 g/mol. The summed E-state index contributed by atoms with van der Waals surface area (Å²) in [5, 5.41) is 1.47. The van der Waals surface area contributed by atoms with Crippen molar-refractivity contribution in [3.8, 4) is 5.75 Å². The van der Waals surface area contributed by atoms with E-state index in [-0.39, 0.29) is 18.6 Å². The second-order valence-corrected chi connectivity index (χ2v) is 7.68. The molecular weight excluding hydrogens is 428 g/mol. The lowest BCUT2D eigenvalue weighted by Gasteiger charge is -2.17. The molecule has 0 bridgehead atoms. The summed E-state index contributed by atoms with van der Waals surface area (Å²) in [4.78, 5) is 23.8. The highest BCUT2D eigenvalue weighted by Crippen LogP contribution is 2.36. The molecule has 0 aliphatic carbocycles. The number of esters is 1. The van der Waals surface area contributed by atoms with Crippen molar-refractivity contribution in [3.05, 3.63) is 64.3 Å². The van der Waals surface area contributed by atoms with Crippen LogP contribution in [0.3, 0.4) is 0 Å². The SMILES string of the molecule is C=CC(=O)OCCOCCOC(C)Oc1ccc(Cl)c2c(=O)c3ccccc3sc12. The number of carbonyl (C=O) groups excluding carboxylic acids is 1. The summed E-state index contributed by atoms with van der Waals surface area (Å²) in [6.45, 7) is 6.10. The van der Waals surface area contributed by atoms with Crippen LogP contribution in [-0.4, -0.2) is 38.7 Å². The molecular formula is C22H21ClO6S. The normalized spacial score (nSPS) is 12.1. The van der Waals surface area contributed by atoms with E-state index < -0.39 is 12.3 Å². The summed E-state index contributed by atoms with van der Waals surface area (Å²) in [6, 6.07) is 10.8. The van der Waals surface area contributed by atoms with Gasteiger partial charge in [0.05, 0.1) is 34.9 Å². The fourth-order valence-electron chi connectivity index (χ4n) is 2.78. The monoisotopic (exact) mass is 448 g/mol. The van der Waals surface area contributed by atoms with E-state index in [2.05, 4.69) is 6.58 Å². The van der Waals surface area contributed by atoms with E-state index in [1.165, 1.54) is 11.3 Å². The molecule has 1 aromatic heterocycles. The van der Waals surface area contributed by atoms with Crippen LogP contribution in [0, 0.1) is 0 Å². The van der Waals surface area contributed by atoms with Crippen LogP contribution < -0.4 is 10.2 Å². The Hall–Kier alpha value is -2.45. The van der Waals surface area contributed by atoms with Crippen LogP contribution in [0.5, 0.6) is 5.75 Å². The van der Waals surface area contributed by atoms with Gasteiger partial charge in [-0.2, -0.15) is 0 Å². The van der Waals surface area contributed by atoms with Crippen molar-refractivity contribution in [2.75, 3.05) is 26.4 Å². The Bertz CT molecular complexity index is 1110. The van der Waals surface area contributed by atoms with Gasteiger partial charge in [-0.15, -0.1) is 11.3 Å². The molecule has 3 rings (SSSR count). The van der Waals surface area contributed by atoms with Gasteiger partial charge in [-0.1, -0.05) is 30.3 Å². The average Bonchev–Trinajstić information content (AvgIpc) is 2.75. The maximum Gasteiger partial charge on any atom is 0.330 e. The Morgan fingerprint density at radius 1 is 1.17 bits per heavy atom. The molecule has 0 saturated carbocycles. The highest BCUT2D eigenvalue weighted by atomic mass is 35.5. The molecule has 2 aromatic carbocycles. The zero-order chi connectivity index (χ0) is 21.5. The Morgan fingerprint density at radius 2 is 1.93 bits per heavy atom. The van der Waals surface area contributed by atoms with Gasteiger partial charge in [-0.05, 0) is 31.2 Å². The van der Waals surface area contributed by atoms with E-state index in [1.54, 1.807) is 25.1 Å². The lowest BCUT2D eigenvalue weighted by atomic mass is 10.2. The van der Waals surface area contributed by atoms with Crippen molar-refractivity contribution in [3.63, 3.8) is 0 Å². The van der Waals surface area contributed by atoms with Crippen molar-refractivity contribution in [1.82, 2.24) is 0 Å². The van der Waals surface area contributed by atoms with Gasteiger partial charge in [-0.3, -0.25) is 4.79 Å². The van der Waals surface area contributed by atoms with E-state index in [9.17, 15) is 9.59 Å². The van der Waals surface area contributed by atoms with Crippen molar-refractivity contribution in [2.24, 2.45) is 0 Å². The molecule has 0 saturated heterocycles. The molecule has 158 valence electrons. The molecule has 1 atom stereocenters. The quantitative estimate of drug-likeness (QED) is 0.149. The molecule has 0 radical (unpaired) electrons. The van der Waals surface area contributed by atoms with Gasteiger partial charge in [0, 0.05) is 16.2 Å². The molecule has 1 heterocycles. The lowest BCUT2D eigenvalue weighted by Crippen LogP contribution is -2.20. The van der Waals surface area contributed by atoms with Gasteiger partial charge >= 0.3 is 5.97 Å². The largest absolute Gasteiger partial charge is 0.464 e. The summed E-state index contributed by atoms with van der Waals surface area (Å²) in [7, 11) is 0. The third kappa shape index (κ3) is 5.37. The first-order valence-electron chi connectivity index (χ1n) is 9.30. The van der Waals surface area contributed by atoms with Crippen LogP contribution in [0.2, 0.25) is 5.02 Å². The van der Waals surface area contributed by atoms with Crippen LogP contribution in [0.1, 0.15) is 6.92 Å². The molecule has 0 spiro atoms. The van der Waals surface area contributed by atoms with E-state index in [1.807, 2.05) is 18.2 Å². The van der Waals surface area contributed by atoms with Gasteiger partial charge < -0.3 is 18.9 Å². The molecule has 30 heavy (non-hydrogen) atoms. The van der Waals surface area contributed by atoms with Crippen molar-refractivity contribution >= 4 is 49.1 Å². The van der Waals surface area contributed by atoms with Gasteiger partial charge in [0.2, 0.25) is 0 Å². The van der Waals surface area contributed by atoms with E-state index in [4.69, 9.17) is 30.5 Å². The van der Waals surface area contributed by atoms with Crippen molar-refractivity contribution < 1.29 is 23.7 Å². The third-order valence-corrected chi connectivity index (χ3v) is 5.65. The topological polar surface area (TPSA) is 71.1 Å². The molecule has 6 nitrogen and oxygen atoms in total. The standard InChI is InChI=1S/C22H21ClO6S/c1-3-19(24)28-13-11-26-10-12-27-14(2)29-17-9-8-16(23)20-21(25)15-6-4-5-7-18(15)30-22(17)20/h3-9,14H,1,10-13H2,2H3. The van der Waals surface area contributed by atoms with E-state index >= 15 is 0 Å². The minimum absolute atomic E-state index is 0.117. The number of rotatable bonds is 10. The fourth-order valence-corrected chi connectivity index (χ4v) is 4.24. The molecule has 0 N–H and O–H groups in total. The molecule has 8 heteroatoms. The van der Waals surface area contributed by atoms with Gasteiger partial charge in [0.1, 0.15) is 12.4 Å². The fraction of sp³-hybridized carbons (Fsp3) is 0.273. The number of benzene rings is 2. The smallest absolute Gasteiger partial charge is 0.330 e. The number of ether oxygens (including phenoxy) is 4. The summed E-state index contributed by atoms with van der Waals surface area (Å²) in [6.07, 6.45) is 0.535. The molecule has 0 aliphatic heterocycles. The Morgan fingerprint density at radius 3 is 2.73 bits per heavy atom. The summed E-state index contributed by atoms with van der Waals surface area (Å²) >= 11 is 7.76. The van der Waals surface area contributed by atoms with Crippen molar-refractivity contribution in [2.45, 2.75) is 13.2 Å². The molecule has 0 aliphatic rings. The maximum absolute atomic E-state index is 12.9. The lowest BCUT2D eigenvalue weighted by molar-refractivity contribution is -0.139. The number of fused-ring (bicyclic) bond motifs is 2. The summed E-state index contributed by atoms with van der Waals surface area (Å²) in [5.74, 6) is 0.0501. The Labute approximate surface area is 182 Å². The van der Waals surface area contributed by atoms with Gasteiger partial charge in [-0.25, -0.2) is 4.79 Å². The van der Waals surface area contributed by atoms with Crippen LogP contribution in [0.25, 0.3) is 20.2 Å². The predicted octanol–water partition coefficient (Wildman–Crippen LogP) is 4.56.